The van der Waals surface area contributed by atoms with Gasteiger partial charge < -0.3 is 14.8 Å². The van der Waals surface area contributed by atoms with Crippen LogP contribution in [0.5, 0.6) is 11.5 Å². The van der Waals surface area contributed by atoms with Gasteiger partial charge >= 0.3 is 0 Å². The molecule has 0 saturated carbocycles. The molecular weight excluding hydrogens is 440 g/mol. The number of carbonyl (C=O) groups is 1. The standard InChI is InChI=1S/C25H28N2O5S/c1-4-19-8-6-7-9-23(19)26-25(28)17-32-24-15-14-22(16-18(24)3)33(29,30)27-20-10-12-21(13-11-20)31-5-2/h6-16,27H,4-5,17H2,1-3H3,(H,26,28). The fraction of sp³-hybridized carbons (Fsp3) is 0.240. The van der Waals surface area contributed by atoms with Crippen molar-refractivity contribution in [3.8, 4) is 11.5 Å². The topological polar surface area (TPSA) is 93.7 Å². The largest absolute Gasteiger partial charge is 0.494 e. The zero-order chi connectivity index (χ0) is 23.8. The van der Waals surface area contributed by atoms with Crippen LogP contribution in [0.3, 0.4) is 0 Å². The summed E-state index contributed by atoms with van der Waals surface area (Å²) in [6.45, 7) is 5.98. The number of para-hydroxylation sites is 1. The Hall–Kier alpha value is -3.52. The molecule has 7 nitrogen and oxygen atoms in total. The highest BCUT2D eigenvalue weighted by atomic mass is 32.2. The molecule has 0 aliphatic rings. The molecule has 33 heavy (non-hydrogen) atoms. The summed E-state index contributed by atoms with van der Waals surface area (Å²) in [5, 5.41) is 2.85. The average Bonchev–Trinajstić information content (AvgIpc) is 2.80. The number of hydrogen-bond acceptors (Lipinski definition) is 5. The number of hydrogen-bond donors (Lipinski definition) is 2. The summed E-state index contributed by atoms with van der Waals surface area (Å²) in [7, 11) is -3.78. The molecule has 0 atom stereocenters. The summed E-state index contributed by atoms with van der Waals surface area (Å²) in [5.74, 6) is 0.818. The van der Waals surface area contributed by atoms with Gasteiger partial charge in [0, 0.05) is 11.4 Å². The number of anilines is 2. The monoisotopic (exact) mass is 468 g/mol. The van der Waals surface area contributed by atoms with E-state index in [2.05, 4.69) is 10.0 Å². The highest BCUT2D eigenvalue weighted by molar-refractivity contribution is 7.92. The van der Waals surface area contributed by atoms with Crippen molar-refractivity contribution in [1.82, 2.24) is 0 Å². The lowest BCUT2D eigenvalue weighted by Gasteiger charge is -2.13. The second-order valence-electron chi connectivity index (χ2n) is 7.34. The summed E-state index contributed by atoms with van der Waals surface area (Å²) in [6, 6.07) is 18.8. The maximum absolute atomic E-state index is 12.8. The smallest absolute Gasteiger partial charge is 0.262 e. The molecule has 0 aliphatic heterocycles. The first-order chi connectivity index (χ1) is 15.8. The third-order valence-electron chi connectivity index (χ3n) is 4.91. The maximum atomic E-state index is 12.8. The molecule has 0 bridgehead atoms. The van der Waals surface area contributed by atoms with Gasteiger partial charge in [-0.25, -0.2) is 8.42 Å². The lowest BCUT2D eigenvalue weighted by atomic mass is 10.1. The Morgan fingerprint density at radius 2 is 1.67 bits per heavy atom. The number of aryl methyl sites for hydroxylation is 2. The lowest BCUT2D eigenvalue weighted by molar-refractivity contribution is -0.118. The van der Waals surface area contributed by atoms with Crippen molar-refractivity contribution >= 4 is 27.3 Å². The van der Waals surface area contributed by atoms with Crippen molar-refractivity contribution in [2.24, 2.45) is 0 Å². The van der Waals surface area contributed by atoms with E-state index in [0.29, 0.717) is 29.4 Å². The van der Waals surface area contributed by atoms with Gasteiger partial charge in [-0.15, -0.1) is 0 Å². The van der Waals surface area contributed by atoms with Crippen LogP contribution in [0.15, 0.2) is 71.6 Å². The van der Waals surface area contributed by atoms with Crippen LogP contribution in [0.4, 0.5) is 11.4 Å². The van der Waals surface area contributed by atoms with Crippen LogP contribution in [0.25, 0.3) is 0 Å². The second-order valence-corrected chi connectivity index (χ2v) is 9.02. The molecule has 2 N–H and O–H groups in total. The van der Waals surface area contributed by atoms with Gasteiger partial charge in [0.25, 0.3) is 15.9 Å². The molecule has 0 unspecified atom stereocenters. The fourth-order valence-corrected chi connectivity index (χ4v) is 4.37. The van der Waals surface area contributed by atoms with E-state index in [4.69, 9.17) is 9.47 Å². The highest BCUT2D eigenvalue weighted by Crippen LogP contribution is 2.25. The van der Waals surface area contributed by atoms with Gasteiger partial charge in [0.15, 0.2) is 6.61 Å². The highest BCUT2D eigenvalue weighted by Gasteiger charge is 2.16. The van der Waals surface area contributed by atoms with E-state index in [0.717, 1.165) is 17.7 Å². The number of sulfonamides is 1. The number of ether oxygens (including phenoxy) is 2. The van der Waals surface area contributed by atoms with Crippen LogP contribution in [0, 0.1) is 6.92 Å². The molecule has 174 valence electrons. The summed E-state index contributed by atoms with van der Waals surface area (Å²) in [6.07, 6.45) is 0.803. The molecule has 0 spiro atoms. The molecule has 0 aromatic heterocycles. The van der Waals surface area contributed by atoms with E-state index >= 15 is 0 Å². The summed E-state index contributed by atoms with van der Waals surface area (Å²) < 4.78 is 39.1. The Bertz CT molecular complexity index is 1210. The molecular formula is C25H28N2O5S. The number of carbonyl (C=O) groups excluding carboxylic acids is 1. The van der Waals surface area contributed by atoms with E-state index in [9.17, 15) is 13.2 Å². The molecule has 0 fully saturated rings. The molecule has 0 radical (unpaired) electrons. The van der Waals surface area contributed by atoms with Crippen LogP contribution in [0.2, 0.25) is 0 Å². The number of nitrogens with one attached hydrogen (secondary N) is 2. The summed E-state index contributed by atoms with van der Waals surface area (Å²) >= 11 is 0. The van der Waals surface area contributed by atoms with Crippen molar-refractivity contribution < 1.29 is 22.7 Å². The van der Waals surface area contributed by atoms with Crippen LogP contribution in [0.1, 0.15) is 25.0 Å². The van der Waals surface area contributed by atoms with Crippen molar-refractivity contribution in [2.45, 2.75) is 32.1 Å². The van der Waals surface area contributed by atoms with Gasteiger partial charge in [-0.05, 0) is 79.9 Å². The van der Waals surface area contributed by atoms with E-state index in [-0.39, 0.29) is 17.4 Å². The normalized spacial score (nSPS) is 11.0. The summed E-state index contributed by atoms with van der Waals surface area (Å²) in [4.78, 5) is 12.4. The Balaban J connectivity index is 1.63. The third kappa shape index (κ3) is 6.49. The molecule has 3 aromatic rings. The van der Waals surface area contributed by atoms with Crippen LogP contribution in [-0.2, 0) is 21.2 Å². The van der Waals surface area contributed by atoms with Crippen LogP contribution >= 0.6 is 0 Å². The Labute approximate surface area is 194 Å². The third-order valence-corrected chi connectivity index (χ3v) is 6.28. The van der Waals surface area contributed by atoms with Gasteiger partial charge in [-0.3, -0.25) is 9.52 Å². The number of benzene rings is 3. The van der Waals surface area contributed by atoms with Gasteiger partial charge in [-0.1, -0.05) is 25.1 Å². The molecule has 8 heteroatoms. The van der Waals surface area contributed by atoms with Crippen LogP contribution < -0.4 is 19.5 Å². The minimum absolute atomic E-state index is 0.0996. The van der Waals surface area contributed by atoms with E-state index < -0.39 is 10.0 Å². The van der Waals surface area contributed by atoms with Gasteiger partial charge in [0.1, 0.15) is 11.5 Å². The molecule has 1 amide bonds. The Kier molecular flexibility index (Phi) is 7.95. The second kappa shape index (κ2) is 10.9. The maximum Gasteiger partial charge on any atom is 0.262 e. The van der Waals surface area contributed by atoms with Gasteiger partial charge in [0.2, 0.25) is 0 Å². The Morgan fingerprint density at radius 3 is 2.33 bits per heavy atom. The van der Waals surface area contributed by atoms with E-state index in [1.165, 1.54) is 12.1 Å². The number of rotatable bonds is 10. The zero-order valence-corrected chi connectivity index (χ0v) is 19.7. The SMILES string of the molecule is CCOc1ccc(NS(=O)(=O)c2ccc(OCC(=O)Nc3ccccc3CC)c(C)c2)cc1. The minimum atomic E-state index is -3.78. The van der Waals surface area contributed by atoms with Gasteiger partial charge in [0.05, 0.1) is 11.5 Å². The van der Waals surface area contributed by atoms with Crippen LogP contribution in [-0.4, -0.2) is 27.5 Å². The van der Waals surface area contributed by atoms with Crippen molar-refractivity contribution in [1.29, 1.82) is 0 Å². The van der Waals surface area contributed by atoms with E-state index in [1.807, 2.05) is 38.1 Å². The first-order valence-electron chi connectivity index (χ1n) is 10.7. The molecule has 3 rings (SSSR count). The molecule has 0 heterocycles. The molecule has 0 aliphatic carbocycles. The molecule has 0 saturated heterocycles. The molecule has 3 aromatic carbocycles. The Morgan fingerprint density at radius 1 is 0.939 bits per heavy atom. The lowest BCUT2D eigenvalue weighted by Crippen LogP contribution is -2.21. The minimum Gasteiger partial charge on any atom is -0.494 e. The predicted octanol–water partition coefficient (Wildman–Crippen LogP) is 4.77. The van der Waals surface area contributed by atoms with Gasteiger partial charge in [-0.2, -0.15) is 0 Å². The van der Waals surface area contributed by atoms with Crippen molar-refractivity contribution in [2.75, 3.05) is 23.3 Å². The van der Waals surface area contributed by atoms with Crippen molar-refractivity contribution in [3.63, 3.8) is 0 Å². The zero-order valence-electron chi connectivity index (χ0n) is 18.9. The predicted molar refractivity (Wildman–Crippen MR) is 130 cm³/mol. The number of amides is 1. The average molecular weight is 469 g/mol. The fourth-order valence-electron chi connectivity index (χ4n) is 3.23. The quantitative estimate of drug-likeness (QED) is 0.447. The van der Waals surface area contributed by atoms with Crippen molar-refractivity contribution in [3.05, 3.63) is 77.9 Å². The van der Waals surface area contributed by atoms with E-state index in [1.54, 1.807) is 37.3 Å². The first-order valence-corrected chi connectivity index (χ1v) is 12.2. The summed E-state index contributed by atoms with van der Waals surface area (Å²) in [5.41, 5.74) is 2.83. The first kappa shape index (κ1) is 24.1.